The van der Waals surface area contributed by atoms with Crippen LogP contribution in [0.3, 0.4) is 0 Å². The fourth-order valence-corrected chi connectivity index (χ4v) is 2.50. The maximum atomic E-state index is 4.81. The van der Waals surface area contributed by atoms with Gasteiger partial charge in [0.15, 0.2) is 0 Å². The van der Waals surface area contributed by atoms with Crippen LogP contribution in [0.1, 0.15) is 42.1 Å². The summed E-state index contributed by atoms with van der Waals surface area (Å²) in [6.45, 7) is 9.59. The summed E-state index contributed by atoms with van der Waals surface area (Å²) in [4.78, 5) is 4.81. The third-order valence-corrected chi connectivity index (χ3v) is 3.31. The highest BCUT2D eigenvalue weighted by Crippen LogP contribution is 2.26. The molecule has 0 amide bonds. The predicted molar refractivity (Wildman–Crippen MR) is 78.1 cm³/mol. The highest BCUT2D eigenvalue weighted by Gasteiger charge is 2.10. The Labute approximate surface area is 109 Å². The molecule has 1 aromatic carbocycles. The van der Waals surface area contributed by atoms with Crippen molar-refractivity contribution >= 4 is 10.9 Å². The zero-order valence-corrected chi connectivity index (χ0v) is 12.0. The fraction of sp³-hybridized carbons (Fsp3) is 0.438. The number of nitrogens with one attached hydrogen (secondary N) is 1. The molecule has 0 aliphatic heterocycles. The van der Waals surface area contributed by atoms with Gasteiger partial charge in [-0.3, -0.25) is 4.98 Å². The molecule has 2 rings (SSSR count). The molecular weight excluding hydrogens is 220 g/mol. The van der Waals surface area contributed by atoms with Gasteiger partial charge in [-0.1, -0.05) is 19.9 Å². The minimum atomic E-state index is 0.464. The summed E-state index contributed by atoms with van der Waals surface area (Å²) in [6.07, 6.45) is 0. The first-order valence-electron chi connectivity index (χ1n) is 6.58. The molecule has 0 spiro atoms. The van der Waals surface area contributed by atoms with Gasteiger partial charge in [0.1, 0.15) is 0 Å². The maximum absolute atomic E-state index is 4.81. The summed E-state index contributed by atoms with van der Waals surface area (Å²) in [7, 11) is 1.99. The molecular formula is C16H22N2. The molecule has 2 heteroatoms. The number of rotatable bonds is 3. The van der Waals surface area contributed by atoms with E-state index in [9.17, 15) is 0 Å². The number of fused-ring (bicyclic) bond motifs is 1. The van der Waals surface area contributed by atoms with Gasteiger partial charge in [-0.2, -0.15) is 0 Å². The number of hydrogen-bond donors (Lipinski definition) is 1. The molecule has 0 bridgehead atoms. The first-order chi connectivity index (χ1) is 8.52. The Balaban J connectivity index is 2.76. The third kappa shape index (κ3) is 2.39. The van der Waals surface area contributed by atoms with Gasteiger partial charge < -0.3 is 5.32 Å². The molecule has 0 saturated heterocycles. The van der Waals surface area contributed by atoms with Crippen molar-refractivity contribution in [3.8, 4) is 0 Å². The second-order valence-electron chi connectivity index (χ2n) is 5.37. The average molecular weight is 242 g/mol. The Hall–Kier alpha value is -1.41. The van der Waals surface area contributed by atoms with Gasteiger partial charge in [0.25, 0.3) is 0 Å². The van der Waals surface area contributed by atoms with Crippen LogP contribution in [-0.2, 0) is 6.54 Å². The minimum absolute atomic E-state index is 0.464. The van der Waals surface area contributed by atoms with Crippen molar-refractivity contribution in [3.05, 3.63) is 40.6 Å². The quantitative estimate of drug-likeness (QED) is 0.887. The van der Waals surface area contributed by atoms with Crippen LogP contribution in [0.25, 0.3) is 10.9 Å². The average Bonchev–Trinajstić information content (AvgIpc) is 2.27. The van der Waals surface area contributed by atoms with Gasteiger partial charge in [-0.25, -0.2) is 0 Å². The zero-order valence-electron chi connectivity index (χ0n) is 12.0. The molecule has 0 fully saturated rings. The van der Waals surface area contributed by atoms with E-state index in [0.29, 0.717) is 5.92 Å². The largest absolute Gasteiger partial charge is 0.316 e. The molecule has 0 aliphatic carbocycles. The fourth-order valence-electron chi connectivity index (χ4n) is 2.50. The number of aromatic nitrogens is 1. The summed E-state index contributed by atoms with van der Waals surface area (Å²) < 4.78 is 0. The Bertz CT molecular complexity index is 571. The Morgan fingerprint density at radius 2 is 1.89 bits per heavy atom. The summed E-state index contributed by atoms with van der Waals surface area (Å²) in [5.74, 6) is 0.464. The van der Waals surface area contributed by atoms with Gasteiger partial charge in [0.05, 0.1) is 5.52 Å². The molecule has 18 heavy (non-hydrogen) atoms. The smallest absolute Gasteiger partial charge is 0.0713 e. The second kappa shape index (κ2) is 5.07. The molecule has 0 atom stereocenters. The van der Waals surface area contributed by atoms with Gasteiger partial charge in [0, 0.05) is 17.6 Å². The van der Waals surface area contributed by atoms with E-state index in [2.05, 4.69) is 51.2 Å². The van der Waals surface area contributed by atoms with Crippen molar-refractivity contribution in [2.45, 2.75) is 40.2 Å². The number of aryl methyl sites for hydroxylation is 2. The molecule has 0 saturated carbocycles. The number of benzene rings is 1. The lowest BCUT2D eigenvalue weighted by atomic mass is 9.98. The molecule has 0 unspecified atom stereocenters. The Morgan fingerprint density at radius 3 is 2.50 bits per heavy atom. The van der Waals surface area contributed by atoms with Crippen molar-refractivity contribution in [1.29, 1.82) is 0 Å². The van der Waals surface area contributed by atoms with E-state index < -0.39 is 0 Å². The van der Waals surface area contributed by atoms with Crippen LogP contribution in [-0.4, -0.2) is 12.0 Å². The van der Waals surface area contributed by atoms with Crippen LogP contribution in [0.15, 0.2) is 18.2 Å². The SMILES string of the molecule is CNCc1cc(C(C)C)nc2cc(C)cc(C)c12. The monoisotopic (exact) mass is 242 g/mol. The molecule has 96 valence electrons. The van der Waals surface area contributed by atoms with Crippen LogP contribution in [0.5, 0.6) is 0 Å². The van der Waals surface area contributed by atoms with E-state index in [-0.39, 0.29) is 0 Å². The maximum Gasteiger partial charge on any atom is 0.0713 e. The second-order valence-corrected chi connectivity index (χ2v) is 5.37. The first-order valence-corrected chi connectivity index (χ1v) is 6.58. The van der Waals surface area contributed by atoms with E-state index in [0.717, 1.165) is 12.1 Å². The molecule has 1 N–H and O–H groups in total. The number of nitrogens with zero attached hydrogens (tertiary/aromatic N) is 1. The first kappa shape index (κ1) is 13.0. The lowest BCUT2D eigenvalue weighted by Crippen LogP contribution is -2.08. The Morgan fingerprint density at radius 1 is 1.17 bits per heavy atom. The zero-order chi connectivity index (χ0) is 13.3. The third-order valence-electron chi connectivity index (χ3n) is 3.31. The van der Waals surface area contributed by atoms with Crippen molar-refractivity contribution in [3.63, 3.8) is 0 Å². The van der Waals surface area contributed by atoms with Crippen LogP contribution in [0.4, 0.5) is 0 Å². The highest BCUT2D eigenvalue weighted by atomic mass is 14.8. The van der Waals surface area contributed by atoms with Crippen LogP contribution in [0.2, 0.25) is 0 Å². The van der Waals surface area contributed by atoms with E-state index in [1.807, 2.05) is 7.05 Å². The lowest BCUT2D eigenvalue weighted by Gasteiger charge is -2.14. The van der Waals surface area contributed by atoms with Crippen LogP contribution in [0, 0.1) is 13.8 Å². The standard InChI is InChI=1S/C16H22N2/c1-10(2)14-8-13(9-17-5)16-12(4)6-11(3)7-15(16)18-14/h6-8,10,17H,9H2,1-5H3. The minimum Gasteiger partial charge on any atom is -0.316 e. The topological polar surface area (TPSA) is 24.9 Å². The molecule has 2 aromatic rings. The number of pyridine rings is 1. The summed E-state index contributed by atoms with van der Waals surface area (Å²) >= 11 is 0. The Kier molecular flexibility index (Phi) is 3.67. The molecule has 1 aromatic heterocycles. The van der Waals surface area contributed by atoms with Crippen LogP contribution >= 0.6 is 0 Å². The molecule has 0 radical (unpaired) electrons. The van der Waals surface area contributed by atoms with E-state index in [4.69, 9.17) is 4.98 Å². The van der Waals surface area contributed by atoms with Gasteiger partial charge in [0.2, 0.25) is 0 Å². The van der Waals surface area contributed by atoms with Crippen molar-refractivity contribution < 1.29 is 0 Å². The number of hydrogen-bond acceptors (Lipinski definition) is 2. The predicted octanol–water partition coefficient (Wildman–Crippen LogP) is 3.69. The van der Waals surface area contributed by atoms with Gasteiger partial charge in [-0.05, 0) is 55.6 Å². The molecule has 1 heterocycles. The van der Waals surface area contributed by atoms with Crippen molar-refractivity contribution in [1.82, 2.24) is 10.3 Å². The van der Waals surface area contributed by atoms with E-state index >= 15 is 0 Å². The van der Waals surface area contributed by atoms with Crippen molar-refractivity contribution in [2.75, 3.05) is 7.05 Å². The van der Waals surface area contributed by atoms with Gasteiger partial charge >= 0.3 is 0 Å². The van der Waals surface area contributed by atoms with E-state index in [1.165, 1.54) is 27.8 Å². The molecule has 0 aliphatic rings. The summed E-state index contributed by atoms with van der Waals surface area (Å²) in [5.41, 5.74) is 6.26. The van der Waals surface area contributed by atoms with Crippen LogP contribution < -0.4 is 5.32 Å². The highest BCUT2D eigenvalue weighted by molar-refractivity contribution is 5.86. The van der Waals surface area contributed by atoms with Crippen molar-refractivity contribution in [2.24, 2.45) is 0 Å². The summed E-state index contributed by atoms with van der Waals surface area (Å²) in [6, 6.07) is 6.66. The lowest BCUT2D eigenvalue weighted by molar-refractivity contribution is 0.798. The normalized spacial score (nSPS) is 11.4. The molecule has 2 nitrogen and oxygen atoms in total. The summed E-state index contributed by atoms with van der Waals surface area (Å²) in [5, 5.41) is 4.56. The van der Waals surface area contributed by atoms with E-state index in [1.54, 1.807) is 0 Å². The van der Waals surface area contributed by atoms with Gasteiger partial charge in [-0.15, -0.1) is 0 Å².